The van der Waals surface area contributed by atoms with Gasteiger partial charge in [0.05, 0.1) is 35.9 Å². The molecule has 1 amide bonds. The Morgan fingerprint density at radius 2 is 1.40 bits per heavy atom. The first kappa shape index (κ1) is 26.7. The van der Waals surface area contributed by atoms with Gasteiger partial charge in [0.25, 0.3) is 11.4 Å². The predicted molar refractivity (Wildman–Crippen MR) is 151 cm³/mol. The van der Waals surface area contributed by atoms with Gasteiger partial charge in [-0.05, 0) is 22.3 Å². The number of aliphatic hydroxyl groups excluding tert-OH is 1. The Morgan fingerprint density at radius 1 is 0.833 bits per heavy atom. The number of nitro groups is 2. The number of amides is 1. The van der Waals surface area contributed by atoms with Gasteiger partial charge in [0.1, 0.15) is 23.3 Å². The number of non-ortho nitro benzene ring substituents is 2. The van der Waals surface area contributed by atoms with Crippen molar-refractivity contribution >= 4 is 35.3 Å². The third-order valence-electron chi connectivity index (χ3n) is 7.55. The number of aliphatic hydroxyl groups is 1. The van der Waals surface area contributed by atoms with E-state index < -0.39 is 15.3 Å². The standard InChI is InChI=1S/C29H23N7O6/c37-16-21-1-7-22(8-2-21)29-13-25(38)34(15-20-5-11-24(12-6-20)36(41)42)28(29)31-17-30-27-26(29)32-18-33(27)14-19-3-9-23(10-4-19)35(39)40/h1-12,17-18,37H,13-16H2. The maximum atomic E-state index is 13.7. The summed E-state index contributed by atoms with van der Waals surface area (Å²) in [4.78, 5) is 50.5. The third kappa shape index (κ3) is 4.51. The van der Waals surface area contributed by atoms with Crippen LogP contribution in [0.25, 0.3) is 0 Å². The SMILES string of the molecule is O=C1CC2(c3ccc(CO)cc3)C(=NC=Nc3c2ncn3Cc2ccc([N+](=O)[O-])cc2)N1Cc1ccc([N+](=O)[O-])cc1. The van der Waals surface area contributed by atoms with Crippen molar-refractivity contribution in [1.82, 2.24) is 14.5 Å². The van der Waals surface area contributed by atoms with Gasteiger partial charge >= 0.3 is 0 Å². The molecule has 3 heterocycles. The molecule has 3 aromatic carbocycles. The molecule has 1 N–H and O–H groups in total. The molecular weight excluding hydrogens is 542 g/mol. The third-order valence-corrected chi connectivity index (χ3v) is 7.55. The minimum Gasteiger partial charge on any atom is -0.392 e. The molecule has 42 heavy (non-hydrogen) atoms. The van der Waals surface area contributed by atoms with Crippen LogP contribution in [0.1, 0.15) is 34.4 Å². The lowest BCUT2D eigenvalue weighted by atomic mass is 9.75. The van der Waals surface area contributed by atoms with Crippen LogP contribution in [0.15, 0.2) is 89.1 Å². The molecule has 1 saturated heterocycles. The molecule has 13 nitrogen and oxygen atoms in total. The number of carbonyl (C=O) groups is 1. The molecule has 13 heteroatoms. The molecule has 2 aliphatic heterocycles. The summed E-state index contributed by atoms with van der Waals surface area (Å²) in [6.45, 7) is 0.323. The number of aliphatic imine (C=N–C) groups is 2. The van der Waals surface area contributed by atoms with Crippen molar-refractivity contribution < 1.29 is 19.7 Å². The van der Waals surface area contributed by atoms with E-state index in [1.54, 1.807) is 52.2 Å². The fourth-order valence-electron chi connectivity index (χ4n) is 5.44. The van der Waals surface area contributed by atoms with E-state index in [2.05, 4.69) is 9.98 Å². The van der Waals surface area contributed by atoms with Crippen LogP contribution < -0.4 is 0 Å². The van der Waals surface area contributed by atoms with Gasteiger partial charge in [-0.25, -0.2) is 15.0 Å². The van der Waals surface area contributed by atoms with Crippen LogP contribution >= 0.6 is 0 Å². The van der Waals surface area contributed by atoms with Gasteiger partial charge in [0.15, 0.2) is 5.82 Å². The van der Waals surface area contributed by atoms with Crippen molar-refractivity contribution in [2.24, 2.45) is 9.98 Å². The highest BCUT2D eigenvalue weighted by atomic mass is 16.6. The Labute approximate surface area is 238 Å². The smallest absolute Gasteiger partial charge is 0.269 e. The number of aromatic nitrogens is 2. The van der Waals surface area contributed by atoms with Crippen LogP contribution in [0.2, 0.25) is 0 Å². The Balaban J connectivity index is 1.43. The highest BCUT2D eigenvalue weighted by molar-refractivity contribution is 6.16. The fourth-order valence-corrected chi connectivity index (χ4v) is 5.44. The molecule has 1 aromatic heterocycles. The van der Waals surface area contributed by atoms with E-state index in [-0.39, 0.29) is 36.9 Å². The van der Waals surface area contributed by atoms with Crippen molar-refractivity contribution in [3.8, 4) is 0 Å². The van der Waals surface area contributed by atoms with Crippen molar-refractivity contribution in [2.75, 3.05) is 0 Å². The molecule has 0 bridgehead atoms. The van der Waals surface area contributed by atoms with Crippen molar-refractivity contribution in [1.29, 1.82) is 0 Å². The number of nitrogens with zero attached hydrogens (tertiary/aromatic N) is 7. The lowest BCUT2D eigenvalue weighted by molar-refractivity contribution is -0.385. The number of hydrogen-bond acceptors (Lipinski definition) is 9. The van der Waals surface area contributed by atoms with Crippen LogP contribution in [0.5, 0.6) is 0 Å². The maximum absolute atomic E-state index is 13.7. The Bertz CT molecular complexity index is 1760. The summed E-state index contributed by atoms with van der Waals surface area (Å²) in [6, 6.07) is 19.5. The van der Waals surface area contributed by atoms with E-state index in [1.165, 1.54) is 30.6 Å². The number of amidine groups is 1. The average Bonchev–Trinajstić information content (AvgIpc) is 3.46. The van der Waals surface area contributed by atoms with Crippen LogP contribution in [-0.4, -0.2) is 47.5 Å². The minimum absolute atomic E-state index is 0.0119. The average molecular weight is 566 g/mol. The second kappa shape index (κ2) is 10.4. The predicted octanol–water partition coefficient (Wildman–Crippen LogP) is 4.03. The summed E-state index contributed by atoms with van der Waals surface area (Å²) in [5.41, 5.74) is 2.29. The van der Waals surface area contributed by atoms with Crippen LogP contribution in [0, 0.1) is 20.2 Å². The number of benzene rings is 3. The number of carbonyl (C=O) groups excluding carboxylic acids is 1. The number of nitro benzene ring substituents is 2. The van der Waals surface area contributed by atoms with Crippen LogP contribution in [-0.2, 0) is 29.9 Å². The number of imidazole rings is 1. The summed E-state index contributed by atoms with van der Waals surface area (Å²) >= 11 is 0. The zero-order valence-electron chi connectivity index (χ0n) is 22.0. The van der Waals surface area contributed by atoms with E-state index in [0.717, 1.165) is 11.1 Å². The molecule has 1 atom stereocenters. The zero-order valence-corrected chi connectivity index (χ0v) is 22.0. The number of rotatable bonds is 8. The molecule has 0 radical (unpaired) electrons. The van der Waals surface area contributed by atoms with E-state index in [0.29, 0.717) is 35.0 Å². The van der Waals surface area contributed by atoms with Gasteiger partial charge in [0.2, 0.25) is 5.91 Å². The van der Waals surface area contributed by atoms with Gasteiger partial charge in [-0.1, -0.05) is 48.5 Å². The fraction of sp³-hybridized carbons (Fsp3) is 0.172. The lowest BCUT2D eigenvalue weighted by Gasteiger charge is -2.29. The molecular formula is C29H23N7O6. The van der Waals surface area contributed by atoms with E-state index in [1.807, 2.05) is 12.1 Å². The Hall–Kier alpha value is -5.56. The van der Waals surface area contributed by atoms with Gasteiger partial charge in [-0.15, -0.1) is 0 Å². The Kier molecular flexibility index (Phi) is 6.63. The quantitative estimate of drug-likeness (QED) is 0.248. The van der Waals surface area contributed by atoms with Crippen molar-refractivity contribution in [3.63, 3.8) is 0 Å². The van der Waals surface area contributed by atoms with Crippen molar-refractivity contribution in [3.05, 3.63) is 127 Å². The summed E-state index contributed by atoms with van der Waals surface area (Å²) in [5.74, 6) is 0.707. The highest BCUT2D eigenvalue weighted by Crippen LogP contribution is 2.47. The van der Waals surface area contributed by atoms with Gasteiger partial charge in [0, 0.05) is 30.7 Å². The minimum atomic E-state index is -1.10. The first-order chi connectivity index (χ1) is 20.3. The normalized spacial score (nSPS) is 17.4. The molecule has 0 aliphatic carbocycles. The summed E-state index contributed by atoms with van der Waals surface area (Å²) < 4.78 is 1.80. The molecule has 4 aromatic rings. The highest BCUT2D eigenvalue weighted by Gasteiger charge is 2.55. The second-order valence-electron chi connectivity index (χ2n) is 10.0. The van der Waals surface area contributed by atoms with Gasteiger partial charge in [-0.3, -0.25) is 29.9 Å². The van der Waals surface area contributed by atoms with Gasteiger partial charge < -0.3 is 9.67 Å². The molecule has 1 unspecified atom stereocenters. The first-order valence-electron chi connectivity index (χ1n) is 12.9. The van der Waals surface area contributed by atoms with Crippen molar-refractivity contribution in [2.45, 2.75) is 31.5 Å². The summed E-state index contributed by atoms with van der Waals surface area (Å²) in [6.07, 6.45) is 3.02. The monoisotopic (exact) mass is 565 g/mol. The second-order valence-corrected chi connectivity index (χ2v) is 10.0. The lowest BCUT2D eigenvalue weighted by Crippen LogP contribution is -2.39. The zero-order chi connectivity index (χ0) is 29.4. The molecule has 0 spiro atoms. The number of fused-ring (bicyclic) bond motifs is 3. The van der Waals surface area contributed by atoms with Gasteiger partial charge in [-0.2, -0.15) is 0 Å². The molecule has 0 saturated carbocycles. The molecule has 6 rings (SSSR count). The first-order valence-corrected chi connectivity index (χ1v) is 12.9. The topological polar surface area (TPSA) is 169 Å². The van der Waals surface area contributed by atoms with E-state index >= 15 is 0 Å². The maximum Gasteiger partial charge on any atom is 0.269 e. The number of hydrogen-bond donors (Lipinski definition) is 1. The van der Waals surface area contributed by atoms with E-state index in [4.69, 9.17) is 4.98 Å². The van der Waals surface area contributed by atoms with E-state index in [9.17, 15) is 30.1 Å². The number of likely N-dealkylation sites (tertiary alicyclic amines) is 1. The van der Waals surface area contributed by atoms with Crippen LogP contribution in [0.3, 0.4) is 0 Å². The summed E-state index contributed by atoms with van der Waals surface area (Å²) in [7, 11) is 0. The summed E-state index contributed by atoms with van der Waals surface area (Å²) in [5, 5.41) is 31.8. The molecule has 1 fully saturated rings. The van der Waals surface area contributed by atoms with Crippen LogP contribution in [0.4, 0.5) is 17.2 Å². The largest absolute Gasteiger partial charge is 0.392 e. The Morgan fingerprint density at radius 3 is 1.98 bits per heavy atom. The molecule has 2 aliphatic rings. The molecule has 210 valence electrons.